The first-order chi connectivity index (χ1) is 9.66. The third-order valence-corrected chi connectivity index (χ3v) is 4.61. The summed E-state index contributed by atoms with van der Waals surface area (Å²) in [6.07, 6.45) is 4.65. The van der Waals surface area contributed by atoms with Gasteiger partial charge in [0.25, 0.3) is 5.91 Å². The number of benzene rings is 1. The smallest absolute Gasteiger partial charge is 0.254 e. The maximum Gasteiger partial charge on any atom is 0.254 e. The van der Waals surface area contributed by atoms with Crippen LogP contribution in [-0.4, -0.2) is 29.7 Å². The van der Waals surface area contributed by atoms with Crippen molar-refractivity contribution in [2.75, 3.05) is 13.1 Å². The fourth-order valence-corrected chi connectivity index (χ4v) is 3.33. The Morgan fingerprint density at radius 3 is 2.90 bits per heavy atom. The van der Waals surface area contributed by atoms with Crippen LogP contribution in [0.4, 0.5) is 0 Å². The first-order valence-corrected chi connectivity index (χ1v) is 7.61. The van der Waals surface area contributed by atoms with Crippen LogP contribution in [0.3, 0.4) is 0 Å². The summed E-state index contributed by atoms with van der Waals surface area (Å²) in [5.74, 6) is 1.00. The molecular formula is C17H21NO2. The van der Waals surface area contributed by atoms with Gasteiger partial charge in [-0.15, -0.1) is 0 Å². The van der Waals surface area contributed by atoms with Crippen molar-refractivity contribution in [3.8, 4) is 0 Å². The van der Waals surface area contributed by atoms with Crippen LogP contribution >= 0.6 is 0 Å². The van der Waals surface area contributed by atoms with Gasteiger partial charge in [0.2, 0.25) is 0 Å². The van der Waals surface area contributed by atoms with Gasteiger partial charge in [0.05, 0.1) is 0 Å². The average Bonchev–Trinajstić information content (AvgIpc) is 2.69. The van der Waals surface area contributed by atoms with E-state index < -0.39 is 0 Å². The predicted octanol–water partition coefficient (Wildman–Crippen LogP) is 3.08. The molecule has 1 amide bonds. The van der Waals surface area contributed by atoms with Crippen LogP contribution in [0.15, 0.2) is 18.2 Å². The van der Waals surface area contributed by atoms with E-state index >= 15 is 0 Å². The fourth-order valence-electron chi connectivity index (χ4n) is 3.33. The van der Waals surface area contributed by atoms with E-state index in [1.807, 2.05) is 23.1 Å². The number of likely N-dealkylation sites (tertiary alicyclic amines) is 1. The topological polar surface area (TPSA) is 37.4 Å². The van der Waals surface area contributed by atoms with E-state index in [0.717, 1.165) is 49.0 Å². The highest BCUT2D eigenvalue weighted by Gasteiger charge is 2.27. The molecule has 1 saturated heterocycles. The molecule has 1 aliphatic heterocycles. The monoisotopic (exact) mass is 271 g/mol. The Kier molecular flexibility index (Phi) is 3.60. The summed E-state index contributed by atoms with van der Waals surface area (Å²) in [6.45, 7) is 3.95. The zero-order chi connectivity index (χ0) is 14.1. The van der Waals surface area contributed by atoms with Gasteiger partial charge in [-0.3, -0.25) is 9.59 Å². The third kappa shape index (κ3) is 2.37. The molecule has 2 aliphatic rings. The Morgan fingerprint density at radius 2 is 2.05 bits per heavy atom. The van der Waals surface area contributed by atoms with Gasteiger partial charge < -0.3 is 4.90 Å². The lowest BCUT2D eigenvalue weighted by molar-refractivity contribution is 0.0759. The third-order valence-electron chi connectivity index (χ3n) is 4.61. The molecule has 0 spiro atoms. The molecule has 1 aromatic rings. The normalized spacial score (nSPS) is 22.6. The number of nitrogens with zero attached hydrogens (tertiary/aromatic N) is 1. The molecule has 3 rings (SSSR count). The molecule has 0 saturated carbocycles. The number of carbonyl (C=O) groups is 2. The summed E-state index contributed by atoms with van der Waals surface area (Å²) in [4.78, 5) is 26.5. The average molecular weight is 271 g/mol. The summed E-state index contributed by atoms with van der Waals surface area (Å²) < 4.78 is 0. The second-order valence-corrected chi connectivity index (χ2v) is 6.08. The Labute approximate surface area is 120 Å². The molecule has 3 heteroatoms. The van der Waals surface area contributed by atoms with E-state index in [1.165, 1.54) is 6.42 Å². The van der Waals surface area contributed by atoms with E-state index in [1.54, 1.807) is 0 Å². The van der Waals surface area contributed by atoms with Crippen LogP contribution < -0.4 is 0 Å². The molecular weight excluding hydrogens is 250 g/mol. The van der Waals surface area contributed by atoms with E-state index in [4.69, 9.17) is 0 Å². The number of carbonyl (C=O) groups excluding carboxylic acids is 2. The summed E-state index contributed by atoms with van der Waals surface area (Å²) in [7, 11) is 0. The number of hydrogen-bond donors (Lipinski definition) is 0. The summed E-state index contributed by atoms with van der Waals surface area (Å²) >= 11 is 0. The van der Waals surface area contributed by atoms with E-state index in [0.29, 0.717) is 12.3 Å². The summed E-state index contributed by atoms with van der Waals surface area (Å²) in [5.41, 5.74) is 2.49. The fraction of sp³-hybridized carbons (Fsp3) is 0.529. The maximum atomic E-state index is 12.7. The Morgan fingerprint density at radius 1 is 1.20 bits per heavy atom. The van der Waals surface area contributed by atoms with Crippen molar-refractivity contribution >= 4 is 11.7 Å². The molecule has 1 atom stereocenters. The summed E-state index contributed by atoms with van der Waals surface area (Å²) in [5, 5.41) is 0. The second-order valence-electron chi connectivity index (χ2n) is 6.08. The molecule has 1 fully saturated rings. The number of fused-ring (bicyclic) bond motifs is 1. The van der Waals surface area contributed by atoms with Crippen LogP contribution in [0.25, 0.3) is 0 Å². The highest BCUT2D eigenvalue weighted by molar-refractivity contribution is 6.05. The van der Waals surface area contributed by atoms with Gasteiger partial charge in [0, 0.05) is 30.6 Å². The van der Waals surface area contributed by atoms with E-state index in [2.05, 4.69) is 6.92 Å². The molecule has 0 unspecified atom stereocenters. The largest absolute Gasteiger partial charge is 0.339 e. The maximum absolute atomic E-state index is 12.7. The van der Waals surface area contributed by atoms with Crippen molar-refractivity contribution in [3.63, 3.8) is 0 Å². The molecule has 1 aliphatic carbocycles. The summed E-state index contributed by atoms with van der Waals surface area (Å²) in [6, 6.07) is 5.58. The lowest BCUT2D eigenvalue weighted by Crippen LogP contribution is -2.32. The molecule has 0 N–H and O–H groups in total. The molecule has 20 heavy (non-hydrogen) atoms. The number of ketones is 1. The zero-order valence-electron chi connectivity index (χ0n) is 12.0. The predicted molar refractivity (Wildman–Crippen MR) is 78.0 cm³/mol. The van der Waals surface area contributed by atoms with Crippen molar-refractivity contribution in [1.82, 2.24) is 4.90 Å². The molecule has 0 bridgehead atoms. The first-order valence-electron chi connectivity index (χ1n) is 7.61. The van der Waals surface area contributed by atoms with E-state index in [-0.39, 0.29) is 11.7 Å². The lowest BCUT2D eigenvalue weighted by Gasteiger charge is -2.21. The van der Waals surface area contributed by atoms with Crippen molar-refractivity contribution in [2.24, 2.45) is 5.92 Å². The van der Waals surface area contributed by atoms with Crippen molar-refractivity contribution in [2.45, 2.75) is 39.0 Å². The van der Waals surface area contributed by atoms with Crippen molar-refractivity contribution in [3.05, 3.63) is 34.9 Å². The Bertz CT molecular complexity index is 550. The van der Waals surface area contributed by atoms with Crippen molar-refractivity contribution < 1.29 is 9.59 Å². The Balaban J connectivity index is 1.86. The molecule has 106 valence electrons. The number of Topliss-reactive ketones (excluding diaryl/α,β-unsaturated/α-hetero) is 1. The highest BCUT2D eigenvalue weighted by atomic mass is 16.2. The van der Waals surface area contributed by atoms with Gasteiger partial charge in [-0.2, -0.15) is 0 Å². The highest BCUT2D eigenvalue weighted by Crippen LogP contribution is 2.27. The van der Waals surface area contributed by atoms with Crippen LogP contribution in [-0.2, 0) is 6.42 Å². The van der Waals surface area contributed by atoms with Gasteiger partial charge in [0.15, 0.2) is 5.78 Å². The van der Waals surface area contributed by atoms with Gasteiger partial charge in [-0.1, -0.05) is 19.1 Å². The number of amides is 1. The second kappa shape index (κ2) is 5.39. The zero-order valence-corrected chi connectivity index (χ0v) is 12.0. The van der Waals surface area contributed by atoms with Gasteiger partial charge in [-0.25, -0.2) is 0 Å². The first kappa shape index (κ1) is 13.3. The minimum absolute atomic E-state index is 0.116. The van der Waals surface area contributed by atoms with Gasteiger partial charge >= 0.3 is 0 Å². The van der Waals surface area contributed by atoms with Crippen LogP contribution in [0, 0.1) is 5.92 Å². The number of rotatable bonds is 1. The van der Waals surface area contributed by atoms with Crippen molar-refractivity contribution in [1.29, 1.82) is 0 Å². The quantitative estimate of drug-likeness (QED) is 0.787. The van der Waals surface area contributed by atoms with Crippen LogP contribution in [0.2, 0.25) is 0 Å². The molecule has 1 aromatic carbocycles. The van der Waals surface area contributed by atoms with Crippen LogP contribution in [0.5, 0.6) is 0 Å². The minimum atomic E-state index is 0.116. The minimum Gasteiger partial charge on any atom is -0.339 e. The van der Waals surface area contributed by atoms with Crippen LogP contribution in [0.1, 0.15) is 58.9 Å². The van der Waals surface area contributed by atoms with Gasteiger partial charge in [0.1, 0.15) is 0 Å². The Hall–Kier alpha value is -1.64. The molecule has 0 radical (unpaired) electrons. The lowest BCUT2D eigenvalue weighted by atomic mass is 10.0. The molecule has 0 aromatic heterocycles. The van der Waals surface area contributed by atoms with Gasteiger partial charge in [-0.05, 0) is 43.2 Å². The number of hydrogen-bond acceptors (Lipinski definition) is 2. The molecule has 1 heterocycles. The molecule has 3 nitrogen and oxygen atoms in total. The standard InChI is InChI=1S/C17H21NO2/c1-12-4-3-10-18(11-9-12)17(20)15-6-2-5-14-13(15)7-8-16(14)19/h2,5-6,12H,3-4,7-11H2,1H3/t12-/m1/s1. The van der Waals surface area contributed by atoms with E-state index in [9.17, 15) is 9.59 Å². The SMILES string of the molecule is C[C@@H]1CCCN(C(=O)c2cccc3c2CCC3=O)CC1.